The Morgan fingerprint density at radius 3 is 2.55 bits per heavy atom. The van der Waals surface area contributed by atoms with Crippen LogP contribution < -0.4 is 15.5 Å². The number of hydrogen-bond acceptors (Lipinski definition) is 7. The number of carbonyl (C=O) groups excluding carboxylic acids is 2. The van der Waals surface area contributed by atoms with Crippen molar-refractivity contribution in [3.8, 4) is 11.3 Å². The molecule has 0 saturated carbocycles. The Balaban J connectivity index is 1.26. The average Bonchev–Trinajstić information content (AvgIpc) is 3.30. The molecule has 9 heteroatoms. The Labute approximate surface area is 180 Å². The fourth-order valence-electron chi connectivity index (χ4n) is 3.26. The van der Waals surface area contributed by atoms with Gasteiger partial charge in [0.05, 0.1) is 18.4 Å². The van der Waals surface area contributed by atoms with Gasteiger partial charge in [-0.2, -0.15) is 0 Å². The number of piperazine rings is 1. The molecule has 1 aliphatic heterocycles. The largest absolute Gasteiger partial charge is 0.355 e. The van der Waals surface area contributed by atoms with Crippen molar-refractivity contribution in [3.05, 3.63) is 60.4 Å². The summed E-state index contributed by atoms with van der Waals surface area (Å²) in [5, 5.41) is 9.05. The standard InChI is InChI=1S/C22H24N6O3/c1-27-9-11-28(12-10-27)20-8-7-17(14-23-20)25-21(29)15-24-22(30)18-13-19(31-26-18)16-5-3-2-4-6-16/h2-8,13-14H,9-12,15H2,1H3,(H,24,30)(H,25,29). The summed E-state index contributed by atoms with van der Waals surface area (Å²) in [6, 6.07) is 14.6. The second-order valence-electron chi connectivity index (χ2n) is 7.37. The van der Waals surface area contributed by atoms with Crippen LogP contribution in [0.3, 0.4) is 0 Å². The zero-order chi connectivity index (χ0) is 21.6. The summed E-state index contributed by atoms with van der Waals surface area (Å²) in [6.07, 6.45) is 1.62. The minimum absolute atomic E-state index is 0.116. The Morgan fingerprint density at radius 1 is 1.06 bits per heavy atom. The number of anilines is 2. The number of carbonyl (C=O) groups is 2. The summed E-state index contributed by atoms with van der Waals surface area (Å²) >= 11 is 0. The van der Waals surface area contributed by atoms with Crippen LogP contribution in [0.15, 0.2) is 59.3 Å². The lowest BCUT2D eigenvalue weighted by atomic mass is 10.1. The molecular weight excluding hydrogens is 396 g/mol. The lowest BCUT2D eigenvalue weighted by Gasteiger charge is -2.33. The zero-order valence-corrected chi connectivity index (χ0v) is 17.2. The van der Waals surface area contributed by atoms with Gasteiger partial charge in [-0.05, 0) is 19.2 Å². The minimum atomic E-state index is -0.482. The van der Waals surface area contributed by atoms with Crippen LogP contribution in [0.25, 0.3) is 11.3 Å². The van der Waals surface area contributed by atoms with Crippen LogP contribution in [-0.4, -0.2) is 66.6 Å². The topological polar surface area (TPSA) is 104 Å². The van der Waals surface area contributed by atoms with Gasteiger partial charge < -0.3 is 25.0 Å². The molecular formula is C22H24N6O3. The summed E-state index contributed by atoms with van der Waals surface area (Å²) in [5.41, 5.74) is 1.51. The van der Waals surface area contributed by atoms with Gasteiger partial charge in [0.2, 0.25) is 5.91 Å². The van der Waals surface area contributed by atoms with Crippen molar-refractivity contribution in [1.29, 1.82) is 0 Å². The van der Waals surface area contributed by atoms with E-state index in [1.165, 1.54) is 0 Å². The van der Waals surface area contributed by atoms with Crippen LogP contribution in [0, 0.1) is 0 Å². The SMILES string of the molecule is CN1CCN(c2ccc(NC(=O)CNC(=O)c3cc(-c4ccccc4)on3)cn2)CC1. The molecule has 4 rings (SSSR count). The van der Waals surface area contributed by atoms with Crippen LogP contribution in [0.1, 0.15) is 10.5 Å². The molecule has 1 saturated heterocycles. The number of pyridine rings is 1. The van der Waals surface area contributed by atoms with Gasteiger partial charge in [-0.1, -0.05) is 35.5 Å². The van der Waals surface area contributed by atoms with E-state index >= 15 is 0 Å². The van der Waals surface area contributed by atoms with E-state index in [0.29, 0.717) is 11.4 Å². The molecule has 1 fully saturated rings. The monoisotopic (exact) mass is 420 g/mol. The third kappa shape index (κ3) is 5.26. The highest BCUT2D eigenvalue weighted by Crippen LogP contribution is 2.19. The van der Waals surface area contributed by atoms with E-state index in [9.17, 15) is 9.59 Å². The molecule has 0 bridgehead atoms. The maximum Gasteiger partial charge on any atom is 0.273 e. The Hall–Kier alpha value is -3.72. The maximum atomic E-state index is 12.3. The van der Waals surface area contributed by atoms with Gasteiger partial charge in [0, 0.05) is 37.8 Å². The number of amides is 2. The third-order valence-corrected chi connectivity index (χ3v) is 5.07. The van der Waals surface area contributed by atoms with E-state index in [4.69, 9.17) is 4.52 Å². The lowest BCUT2D eigenvalue weighted by Crippen LogP contribution is -2.44. The van der Waals surface area contributed by atoms with E-state index in [1.807, 2.05) is 42.5 Å². The van der Waals surface area contributed by atoms with E-state index in [-0.39, 0.29) is 18.1 Å². The van der Waals surface area contributed by atoms with E-state index in [0.717, 1.165) is 37.6 Å². The molecule has 0 spiro atoms. The summed E-state index contributed by atoms with van der Waals surface area (Å²) in [7, 11) is 2.10. The van der Waals surface area contributed by atoms with Crippen molar-refractivity contribution in [3.63, 3.8) is 0 Å². The van der Waals surface area contributed by atoms with Crippen molar-refractivity contribution in [1.82, 2.24) is 20.4 Å². The molecule has 3 heterocycles. The summed E-state index contributed by atoms with van der Waals surface area (Å²) in [6.45, 7) is 3.66. The molecule has 0 radical (unpaired) electrons. The predicted molar refractivity (Wildman–Crippen MR) is 117 cm³/mol. The first-order chi connectivity index (χ1) is 15.1. The van der Waals surface area contributed by atoms with Gasteiger partial charge >= 0.3 is 0 Å². The molecule has 9 nitrogen and oxygen atoms in total. The Bertz CT molecular complexity index is 1030. The van der Waals surface area contributed by atoms with E-state index < -0.39 is 5.91 Å². The van der Waals surface area contributed by atoms with Crippen LogP contribution in [-0.2, 0) is 4.79 Å². The summed E-state index contributed by atoms with van der Waals surface area (Å²) in [4.78, 5) is 33.4. The number of aromatic nitrogens is 2. The number of nitrogens with zero attached hydrogens (tertiary/aromatic N) is 4. The van der Waals surface area contributed by atoms with Gasteiger partial charge in [-0.25, -0.2) is 4.98 Å². The lowest BCUT2D eigenvalue weighted by molar-refractivity contribution is -0.115. The van der Waals surface area contributed by atoms with Gasteiger partial charge in [0.1, 0.15) is 5.82 Å². The molecule has 3 aromatic rings. The van der Waals surface area contributed by atoms with Gasteiger partial charge in [-0.3, -0.25) is 9.59 Å². The van der Waals surface area contributed by atoms with Crippen LogP contribution in [0.4, 0.5) is 11.5 Å². The quantitative estimate of drug-likeness (QED) is 0.627. The molecule has 2 N–H and O–H groups in total. The highest BCUT2D eigenvalue weighted by Gasteiger charge is 2.16. The van der Waals surface area contributed by atoms with Gasteiger partial charge in [0.25, 0.3) is 5.91 Å². The first kappa shape index (κ1) is 20.5. The minimum Gasteiger partial charge on any atom is -0.355 e. The molecule has 31 heavy (non-hydrogen) atoms. The molecule has 0 unspecified atom stereocenters. The van der Waals surface area contributed by atoms with Crippen molar-refractivity contribution in [2.24, 2.45) is 0 Å². The molecule has 0 atom stereocenters. The van der Waals surface area contributed by atoms with E-state index in [1.54, 1.807) is 12.3 Å². The number of rotatable bonds is 6. The fourth-order valence-corrected chi connectivity index (χ4v) is 3.26. The van der Waals surface area contributed by atoms with Crippen molar-refractivity contribution >= 4 is 23.3 Å². The average molecular weight is 420 g/mol. The summed E-state index contributed by atoms with van der Waals surface area (Å²) < 4.78 is 5.22. The molecule has 0 aliphatic carbocycles. The fraction of sp³-hybridized carbons (Fsp3) is 0.273. The Kier molecular flexibility index (Phi) is 6.23. The first-order valence-corrected chi connectivity index (χ1v) is 10.1. The number of likely N-dealkylation sites (N-methyl/N-ethyl adjacent to an activating group) is 1. The normalized spacial score (nSPS) is 14.3. The second kappa shape index (κ2) is 9.40. The number of nitrogens with one attached hydrogen (secondary N) is 2. The predicted octanol–water partition coefficient (Wildman–Crippen LogP) is 1.86. The number of hydrogen-bond donors (Lipinski definition) is 2. The second-order valence-corrected chi connectivity index (χ2v) is 7.37. The number of benzene rings is 1. The van der Waals surface area contributed by atoms with Gasteiger partial charge in [-0.15, -0.1) is 0 Å². The first-order valence-electron chi connectivity index (χ1n) is 10.1. The van der Waals surface area contributed by atoms with E-state index in [2.05, 4.69) is 37.6 Å². The maximum absolute atomic E-state index is 12.3. The van der Waals surface area contributed by atoms with Gasteiger partial charge in [0.15, 0.2) is 11.5 Å². The highest BCUT2D eigenvalue weighted by molar-refractivity contribution is 5.98. The molecule has 1 aliphatic rings. The Morgan fingerprint density at radius 2 is 1.84 bits per heavy atom. The van der Waals surface area contributed by atoms with Crippen molar-refractivity contribution in [2.45, 2.75) is 0 Å². The third-order valence-electron chi connectivity index (χ3n) is 5.07. The molecule has 1 aromatic carbocycles. The smallest absolute Gasteiger partial charge is 0.273 e. The highest BCUT2D eigenvalue weighted by atomic mass is 16.5. The summed E-state index contributed by atoms with van der Waals surface area (Å²) in [5.74, 6) is 0.542. The van der Waals surface area contributed by atoms with Crippen molar-refractivity contribution in [2.75, 3.05) is 50.0 Å². The van der Waals surface area contributed by atoms with Crippen LogP contribution >= 0.6 is 0 Å². The van der Waals surface area contributed by atoms with Crippen molar-refractivity contribution < 1.29 is 14.1 Å². The molecule has 160 valence electrons. The molecule has 2 amide bonds. The van der Waals surface area contributed by atoms with Crippen LogP contribution in [0.2, 0.25) is 0 Å². The van der Waals surface area contributed by atoms with Crippen LogP contribution in [0.5, 0.6) is 0 Å². The zero-order valence-electron chi connectivity index (χ0n) is 17.2. The molecule has 2 aromatic heterocycles.